The van der Waals surface area contributed by atoms with Crippen LogP contribution in [0, 0.1) is 17.0 Å². The summed E-state index contributed by atoms with van der Waals surface area (Å²) < 4.78 is 30.6. The van der Waals surface area contributed by atoms with E-state index in [9.17, 15) is 13.9 Å². The third-order valence-corrected chi connectivity index (χ3v) is 7.72. The van der Waals surface area contributed by atoms with Gasteiger partial charge in [0.15, 0.2) is 5.82 Å². The average molecular weight is 460 g/mol. The van der Waals surface area contributed by atoms with Crippen molar-refractivity contribution in [3.05, 3.63) is 83.5 Å². The molecule has 0 amide bonds. The van der Waals surface area contributed by atoms with Crippen LogP contribution < -0.4 is 0 Å². The maximum atomic E-state index is 14.5. The molecule has 1 N–H and O–H groups in total. The van der Waals surface area contributed by atoms with E-state index < -0.39 is 17.0 Å². The number of aromatic nitrogens is 6. The van der Waals surface area contributed by atoms with E-state index in [1.807, 2.05) is 0 Å². The quantitative estimate of drug-likeness (QED) is 0.493. The number of halogens is 2. The minimum atomic E-state index is -0.660. The predicted octanol–water partition coefficient (Wildman–Crippen LogP) is 4.09. The standard InChI is InChI=1S/C25H22F2N6O/c1-24(2)16-6-7-25(24,20-9-28-10-21(30-20)33-11-14(12-34)29-13-33)23-15(16)8-19(31-32-23)22-17(26)4-3-5-18(22)27/h3-5,8-11,13,16,34H,6-7,12H2,1-2H3/t16-,25-/m0/s1. The van der Waals surface area contributed by atoms with E-state index in [0.29, 0.717) is 11.5 Å². The van der Waals surface area contributed by atoms with Gasteiger partial charge in [0.05, 0.1) is 46.6 Å². The lowest BCUT2D eigenvalue weighted by Crippen LogP contribution is -2.38. The first kappa shape index (κ1) is 21.0. The van der Waals surface area contributed by atoms with Gasteiger partial charge in [-0.3, -0.25) is 9.55 Å². The molecule has 172 valence electrons. The van der Waals surface area contributed by atoms with Crippen LogP contribution in [-0.4, -0.2) is 34.8 Å². The highest BCUT2D eigenvalue weighted by atomic mass is 19.1. The molecule has 0 unspecified atom stereocenters. The molecule has 0 radical (unpaired) electrons. The molecule has 3 aromatic heterocycles. The Morgan fingerprint density at radius 1 is 1.15 bits per heavy atom. The highest BCUT2D eigenvalue weighted by molar-refractivity contribution is 5.64. The molecule has 34 heavy (non-hydrogen) atoms. The van der Waals surface area contributed by atoms with Gasteiger partial charge in [-0.2, -0.15) is 5.10 Å². The number of fused-ring (bicyclic) bond motifs is 5. The number of aliphatic hydroxyl groups is 1. The number of imidazole rings is 1. The van der Waals surface area contributed by atoms with Crippen LogP contribution >= 0.6 is 0 Å². The Morgan fingerprint density at radius 3 is 2.68 bits per heavy atom. The summed E-state index contributed by atoms with van der Waals surface area (Å²) in [6.07, 6.45) is 8.44. The van der Waals surface area contributed by atoms with Crippen molar-refractivity contribution in [2.75, 3.05) is 0 Å². The number of aliphatic hydroxyl groups excluding tert-OH is 1. The van der Waals surface area contributed by atoms with E-state index in [0.717, 1.165) is 29.8 Å². The molecule has 4 aromatic rings. The normalized spacial score (nSPS) is 22.2. The van der Waals surface area contributed by atoms with E-state index in [-0.39, 0.29) is 29.2 Å². The van der Waals surface area contributed by atoms with Gasteiger partial charge < -0.3 is 5.11 Å². The average Bonchev–Trinajstić information content (AvgIpc) is 3.47. The maximum absolute atomic E-state index is 14.5. The minimum Gasteiger partial charge on any atom is -0.390 e. The molecule has 2 aliphatic carbocycles. The Hall–Kier alpha value is -3.59. The molecule has 2 aliphatic rings. The third kappa shape index (κ3) is 2.67. The molecule has 1 aromatic carbocycles. The van der Waals surface area contributed by atoms with Gasteiger partial charge in [-0.15, -0.1) is 5.10 Å². The second kappa shape index (κ2) is 7.20. The zero-order valence-electron chi connectivity index (χ0n) is 18.7. The lowest BCUT2D eigenvalue weighted by atomic mass is 9.66. The topological polar surface area (TPSA) is 89.6 Å². The fraction of sp³-hybridized carbons (Fsp3) is 0.320. The van der Waals surface area contributed by atoms with E-state index in [2.05, 4.69) is 34.0 Å². The molecule has 1 fully saturated rings. The van der Waals surface area contributed by atoms with Gasteiger partial charge in [0, 0.05) is 12.4 Å². The van der Waals surface area contributed by atoms with Crippen LogP contribution in [0.15, 0.2) is 49.2 Å². The van der Waals surface area contributed by atoms with E-state index in [1.165, 1.54) is 18.2 Å². The fourth-order valence-corrected chi connectivity index (χ4v) is 6.01. The molecule has 7 nitrogen and oxygen atoms in total. The maximum Gasteiger partial charge on any atom is 0.156 e. The summed E-state index contributed by atoms with van der Waals surface area (Å²) in [5.74, 6) is -0.587. The zero-order valence-corrected chi connectivity index (χ0v) is 18.7. The highest BCUT2D eigenvalue weighted by Gasteiger charge is 2.65. The van der Waals surface area contributed by atoms with Gasteiger partial charge >= 0.3 is 0 Å². The molecule has 2 bridgehead atoms. The van der Waals surface area contributed by atoms with Gasteiger partial charge in [-0.1, -0.05) is 19.9 Å². The zero-order chi connectivity index (χ0) is 23.7. The lowest BCUT2D eigenvalue weighted by Gasteiger charge is -2.37. The molecule has 9 heteroatoms. The van der Waals surface area contributed by atoms with E-state index in [1.54, 1.807) is 35.6 Å². The summed E-state index contributed by atoms with van der Waals surface area (Å²) in [7, 11) is 0. The predicted molar refractivity (Wildman–Crippen MR) is 119 cm³/mol. The van der Waals surface area contributed by atoms with Crippen molar-refractivity contribution in [2.45, 2.75) is 44.6 Å². The molecule has 3 heterocycles. The second-order valence-corrected chi connectivity index (χ2v) is 9.54. The van der Waals surface area contributed by atoms with Crippen LogP contribution in [0.3, 0.4) is 0 Å². The highest BCUT2D eigenvalue weighted by Crippen LogP contribution is 2.69. The first-order chi connectivity index (χ1) is 16.4. The first-order valence-electron chi connectivity index (χ1n) is 11.2. The van der Waals surface area contributed by atoms with Gasteiger partial charge in [0.1, 0.15) is 18.0 Å². The Labute approximate surface area is 194 Å². The van der Waals surface area contributed by atoms with Crippen molar-refractivity contribution < 1.29 is 13.9 Å². The van der Waals surface area contributed by atoms with Gasteiger partial charge in [0.25, 0.3) is 0 Å². The summed E-state index contributed by atoms with van der Waals surface area (Å²) in [6, 6.07) is 5.58. The number of hydrogen-bond donors (Lipinski definition) is 1. The van der Waals surface area contributed by atoms with Crippen LogP contribution in [-0.2, 0) is 12.0 Å². The monoisotopic (exact) mass is 460 g/mol. The number of rotatable bonds is 4. The van der Waals surface area contributed by atoms with Crippen LogP contribution in [0.5, 0.6) is 0 Å². The summed E-state index contributed by atoms with van der Waals surface area (Å²) in [6.45, 7) is 4.21. The van der Waals surface area contributed by atoms with Gasteiger partial charge in [-0.05, 0) is 47.9 Å². The first-order valence-corrected chi connectivity index (χ1v) is 11.2. The molecular weight excluding hydrogens is 438 g/mol. The molecule has 0 spiro atoms. The Bertz CT molecular complexity index is 1410. The van der Waals surface area contributed by atoms with Gasteiger partial charge in [0.2, 0.25) is 0 Å². The lowest BCUT2D eigenvalue weighted by molar-refractivity contribution is 0.242. The smallest absolute Gasteiger partial charge is 0.156 e. The summed E-state index contributed by atoms with van der Waals surface area (Å²) >= 11 is 0. The minimum absolute atomic E-state index is 0.145. The van der Waals surface area contributed by atoms with Crippen molar-refractivity contribution in [1.82, 2.24) is 29.7 Å². The Morgan fingerprint density at radius 2 is 1.94 bits per heavy atom. The molecule has 2 atom stereocenters. The summed E-state index contributed by atoms with van der Waals surface area (Å²) in [4.78, 5) is 13.6. The van der Waals surface area contributed by atoms with Crippen LogP contribution in [0.1, 0.15) is 55.3 Å². The Kier molecular flexibility index (Phi) is 4.44. The van der Waals surface area contributed by atoms with Crippen molar-refractivity contribution in [2.24, 2.45) is 5.41 Å². The molecule has 0 aliphatic heterocycles. The van der Waals surface area contributed by atoms with Crippen molar-refractivity contribution in [3.63, 3.8) is 0 Å². The van der Waals surface area contributed by atoms with Gasteiger partial charge in [-0.25, -0.2) is 18.7 Å². The molecular formula is C25H22F2N6O. The van der Waals surface area contributed by atoms with E-state index in [4.69, 9.17) is 4.98 Å². The number of benzene rings is 1. The molecule has 0 saturated heterocycles. The summed E-state index contributed by atoms with van der Waals surface area (Å²) in [5.41, 5.74) is 2.32. The number of nitrogens with zero attached hydrogens (tertiary/aromatic N) is 6. The SMILES string of the molecule is CC1(C)[C@H]2CC[C@]1(c1cncc(-n3cnc(CO)c3)n1)c1nnc(-c3c(F)cccc3F)cc12. The molecule has 1 saturated carbocycles. The fourth-order valence-electron chi connectivity index (χ4n) is 6.01. The third-order valence-electron chi connectivity index (χ3n) is 7.72. The van der Waals surface area contributed by atoms with Crippen LogP contribution in [0.25, 0.3) is 17.1 Å². The summed E-state index contributed by atoms with van der Waals surface area (Å²) in [5, 5.41) is 18.2. The van der Waals surface area contributed by atoms with E-state index >= 15 is 0 Å². The molecule has 6 rings (SSSR count). The van der Waals surface area contributed by atoms with Crippen molar-refractivity contribution in [1.29, 1.82) is 0 Å². The Balaban J connectivity index is 1.51. The van der Waals surface area contributed by atoms with Crippen molar-refractivity contribution >= 4 is 0 Å². The second-order valence-electron chi connectivity index (χ2n) is 9.54. The van der Waals surface area contributed by atoms with Crippen LogP contribution in [0.4, 0.5) is 8.78 Å². The van der Waals surface area contributed by atoms with Crippen LogP contribution in [0.2, 0.25) is 0 Å². The largest absolute Gasteiger partial charge is 0.390 e. The number of hydrogen-bond acceptors (Lipinski definition) is 6. The van der Waals surface area contributed by atoms with Crippen molar-refractivity contribution in [3.8, 4) is 17.1 Å².